The van der Waals surface area contributed by atoms with Crippen LogP contribution in [0.15, 0.2) is 48.9 Å². The maximum Gasteiger partial charge on any atom is 0.255 e. The standard InChI is InChI=1S/C24H32N3/c1-18(2)21-11-9-12-22(19(3)4)24(21)26-16-20-10-8-13-23(27(20)17-26)25-14-6-5-7-15-25/h8-13,16-19H,5-7,14-15H2,1-4H3/q+1. The van der Waals surface area contributed by atoms with E-state index in [1.807, 2.05) is 0 Å². The summed E-state index contributed by atoms with van der Waals surface area (Å²) in [4.78, 5) is 2.54. The van der Waals surface area contributed by atoms with E-state index in [-0.39, 0.29) is 0 Å². The average molecular weight is 363 g/mol. The van der Waals surface area contributed by atoms with Gasteiger partial charge in [0.1, 0.15) is 11.9 Å². The predicted octanol–water partition coefficient (Wildman–Crippen LogP) is 5.45. The summed E-state index contributed by atoms with van der Waals surface area (Å²) in [6.45, 7) is 11.5. The lowest BCUT2D eigenvalue weighted by Gasteiger charge is -2.26. The van der Waals surface area contributed by atoms with Crippen molar-refractivity contribution in [2.24, 2.45) is 0 Å². The number of aromatic nitrogens is 2. The fourth-order valence-corrected chi connectivity index (χ4v) is 4.37. The lowest BCUT2D eigenvalue weighted by Crippen LogP contribution is -2.33. The fourth-order valence-electron chi connectivity index (χ4n) is 4.37. The highest BCUT2D eigenvalue weighted by Gasteiger charge is 2.23. The van der Waals surface area contributed by atoms with Crippen molar-refractivity contribution in [3.8, 4) is 5.69 Å². The SMILES string of the molecule is CC(C)c1cccc(C(C)C)c1-[n+]1cc2cccc(N3CCCCC3)n2c1. The normalized spacial score (nSPS) is 15.3. The molecular formula is C24H32N3+. The van der Waals surface area contributed by atoms with Gasteiger partial charge < -0.3 is 4.90 Å². The summed E-state index contributed by atoms with van der Waals surface area (Å²) >= 11 is 0. The molecule has 0 amide bonds. The number of hydrogen-bond donors (Lipinski definition) is 0. The summed E-state index contributed by atoms with van der Waals surface area (Å²) in [7, 11) is 0. The smallest absolute Gasteiger partial charge is 0.255 e. The first-order valence-corrected chi connectivity index (χ1v) is 10.5. The third-order valence-electron chi connectivity index (χ3n) is 5.83. The van der Waals surface area contributed by atoms with Gasteiger partial charge in [-0.3, -0.25) is 0 Å². The van der Waals surface area contributed by atoms with Crippen LogP contribution in [0, 0.1) is 0 Å². The third-order valence-corrected chi connectivity index (χ3v) is 5.83. The van der Waals surface area contributed by atoms with Crippen molar-refractivity contribution in [3.05, 3.63) is 60.0 Å². The van der Waals surface area contributed by atoms with E-state index in [4.69, 9.17) is 0 Å². The van der Waals surface area contributed by atoms with Crippen LogP contribution in [0.2, 0.25) is 0 Å². The largest absolute Gasteiger partial charge is 0.339 e. The van der Waals surface area contributed by atoms with Gasteiger partial charge in [0.2, 0.25) is 5.82 Å². The van der Waals surface area contributed by atoms with E-state index >= 15 is 0 Å². The molecule has 27 heavy (non-hydrogen) atoms. The monoisotopic (exact) mass is 362 g/mol. The van der Waals surface area contributed by atoms with Gasteiger partial charge in [-0.05, 0) is 37.2 Å². The molecule has 0 bridgehead atoms. The number of pyridine rings is 1. The number of rotatable bonds is 4. The van der Waals surface area contributed by atoms with Crippen molar-refractivity contribution < 1.29 is 4.57 Å². The molecular weight excluding hydrogens is 330 g/mol. The molecule has 0 unspecified atom stereocenters. The van der Waals surface area contributed by atoms with Crippen LogP contribution in [0.3, 0.4) is 0 Å². The molecule has 0 atom stereocenters. The zero-order valence-corrected chi connectivity index (χ0v) is 17.2. The summed E-state index contributed by atoms with van der Waals surface area (Å²) in [5.41, 5.74) is 5.45. The molecule has 3 heteroatoms. The molecule has 1 aromatic carbocycles. The molecule has 2 aromatic heterocycles. The topological polar surface area (TPSA) is 11.5 Å². The summed E-state index contributed by atoms with van der Waals surface area (Å²) in [5, 5.41) is 0. The van der Waals surface area contributed by atoms with Crippen LogP contribution in [0.1, 0.15) is 69.9 Å². The van der Waals surface area contributed by atoms with Crippen LogP contribution in [-0.4, -0.2) is 17.5 Å². The zero-order valence-electron chi connectivity index (χ0n) is 17.2. The van der Waals surface area contributed by atoms with E-state index in [1.54, 1.807) is 0 Å². The van der Waals surface area contributed by atoms with Crippen molar-refractivity contribution in [2.75, 3.05) is 18.0 Å². The Morgan fingerprint density at radius 2 is 1.44 bits per heavy atom. The lowest BCUT2D eigenvalue weighted by molar-refractivity contribution is -0.595. The number of benzene rings is 1. The number of imidazole rings is 1. The van der Waals surface area contributed by atoms with Gasteiger partial charge in [-0.25, -0.2) is 4.57 Å². The van der Waals surface area contributed by atoms with Gasteiger partial charge in [-0.1, -0.05) is 52.0 Å². The molecule has 4 rings (SSSR count). The molecule has 0 N–H and O–H groups in total. The van der Waals surface area contributed by atoms with E-state index in [1.165, 1.54) is 47.4 Å². The number of anilines is 1. The van der Waals surface area contributed by atoms with Gasteiger partial charge in [0.05, 0.1) is 0 Å². The molecule has 1 saturated heterocycles. The van der Waals surface area contributed by atoms with Crippen molar-refractivity contribution in [1.29, 1.82) is 0 Å². The Morgan fingerprint density at radius 3 is 2.07 bits per heavy atom. The van der Waals surface area contributed by atoms with Gasteiger partial charge in [-0.2, -0.15) is 4.40 Å². The Bertz CT molecular complexity index is 904. The van der Waals surface area contributed by atoms with Crippen molar-refractivity contribution in [2.45, 2.75) is 58.8 Å². The van der Waals surface area contributed by atoms with Gasteiger partial charge in [0.25, 0.3) is 6.33 Å². The van der Waals surface area contributed by atoms with E-state index in [0.29, 0.717) is 11.8 Å². The second kappa shape index (κ2) is 7.38. The minimum Gasteiger partial charge on any atom is -0.339 e. The highest BCUT2D eigenvalue weighted by atomic mass is 15.2. The Morgan fingerprint density at radius 1 is 0.815 bits per heavy atom. The summed E-state index contributed by atoms with van der Waals surface area (Å²) < 4.78 is 4.72. The maximum atomic E-state index is 2.54. The fraction of sp³-hybridized carbons (Fsp3) is 0.458. The molecule has 1 aliphatic heterocycles. The molecule has 3 nitrogen and oxygen atoms in total. The number of fused-ring (bicyclic) bond motifs is 1. The zero-order chi connectivity index (χ0) is 19.0. The summed E-state index contributed by atoms with van der Waals surface area (Å²) in [6.07, 6.45) is 8.53. The van der Waals surface area contributed by atoms with Crippen LogP contribution >= 0.6 is 0 Å². The Labute approximate surface area is 163 Å². The Balaban J connectivity index is 1.88. The van der Waals surface area contributed by atoms with Gasteiger partial charge in [0, 0.05) is 30.3 Å². The van der Waals surface area contributed by atoms with E-state index in [2.05, 4.69) is 90.5 Å². The van der Waals surface area contributed by atoms with Crippen molar-refractivity contribution in [1.82, 2.24) is 4.40 Å². The second-order valence-corrected chi connectivity index (χ2v) is 8.47. The van der Waals surface area contributed by atoms with Crippen molar-refractivity contribution >= 4 is 11.3 Å². The molecule has 142 valence electrons. The molecule has 3 aromatic rings. The highest BCUT2D eigenvalue weighted by molar-refractivity contribution is 5.55. The predicted molar refractivity (Wildman–Crippen MR) is 113 cm³/mol. The van der Waals surface area contributed by atoms with Crippen LogP contribution in [-0.2, 0) is 0 Å². The molecule has 1 aliphatic rings. The van der Waals surface area contributed by atoms with E-state index in [9.17, 15) is 0 Å². The minimum atomic E-state index is 0.496. The van der Waals surface area contributed by atoms with Gasteiger partial charge >= 0.3 is 0 Å². The first-order valence-electron chi connectivity index (χ1n) is 10.5. The van der Waals surface area contributed by atoms with Crippen LogP contribution in [0.4, 0.5) is 5.82 Å². The third kappa shape index (κ3) is 3.36. The quantitative estimate of drug-likeness (QED) is 0.562. The second-order valence-electron chi connectivity index (χ2n) is 8.47. The highest BCUT2D eigenvalue weighted by Crippen LogP contribution is 2.28. The molecule has 0 radical (unpaired) electrons. The minimum absolute atomic E-state index is 0.496. The number of para-hydroxylation sites is 1. The molecule has 1 fully saturated rings. The number of nitrogens with zero attached hydrogens (tertiary/aromatic N) is 3. The molecule has 3 heterocycles. The molecule has 0 saturated carbocycles. The molecule has 0 aliphatic carbocycles. The average Bonchev–Trinajstić information content (AvgIpc) is 3.12. The van der Waals surface area contributed by atoms with Crippen LogP contribution in [0.25, 0.3) is 11.2 Å². The first-order chi connectivity index (χ1) is 13.1. The maximum absolute atomic E-state index is 2.54. The van der Waals surface area contributed by atoms with Crippen molar-refractivity contribution in [3.63, 3.8) is 0 Å². The van der Waals surface area contributed by atoms with E-state index < -0.39 is 0 Å². The first kappa shape index (κ1) is 18.1. The van der Waals surface area contributed by atoms with Crippen LogP contribution < -0.4 is 9.47 Å². The Hall–Kier alpha value is -2.29. The van der Waals surface area contributed by atoms with Gasteiger partial charge in [-0.15, -0.1) is 0 Å². The Kier molecular flexibility index (Phi) is 4.94. The number of hydrogen-bond acceptors (Lipinski definition) is 1. The van der Waals surface area contributed by atoms with E-state index in [0.717, 1.165) is 13.1 Å². The van der Waals surface area contributed by atoms with Gasteiger partial charge in [0.15, 0.2) is 5.52 Å². The number of piperidine rings is 1. The van der Waals surface area contributed by atoms with Crippen LogP contribution in [0.5, 0.6) is 0 Å². The summed E-state index contributed by atoms with van der Waals surface area (Å²) in [6, 6.07) is 13.5. The lowest BCUT2D eigenvalue weighted by atomic mass is 9.92. The molecule has 0 spiro atoms. The summed E-state index contributed by atoms with van der Waals surface area (Å²) in [5.74, 6) is 2.31.